The van der Waals surface area contributed by atoms with E-state index < -0.39 is 5.82 Å². The smallest absolute Gasteiger partial charge is 0.239 e. The summed E-state index contributed by atoms with van der Waals surface area (Å²) in [6.07, 6.45) is 1.59. The Bertz CT molecular complexity index is 1120. The first-order valence-corrected chi connectivity index (χ1v) is 9.86. The van der Waals surface area contributed by atoms with Crippen molar-refractivity contribution >= 4 is 17.5 Å². The van der Waals surface area contributed by atoms with E-state index in [1.165, 1.54) is 12.1 Å². The Balaban J connectivity index is 1.56. The lowest BCUT2D eigenvalue weighted by atomic mass is 10.1. The standard InChI is InChI=1S/C22H22FN7O/c1-29-9-11-30(12-10-29)19-5-6-20(27-21(19)31-2)28-22-25-8-7-18(26-22)15-3-4-17(23)16(13-15)14-24/h3-8,13H,9-12H2,1-2H3,(H,25,26,27,28). The van der Waals surface area contributed by atoms with Crippen LogP contribution >= 0.6 is 0 Å². The van der Waals surface area contributed by atoms with Gasteiger partial charge in [-0.1, -0.05) is 0 Å². The van der Waals surface area contributed by atoms with E-state index in [0.29, 0.717) is 28.9 Å². The third kappa shape index (κ3) is 4.54. The summed E-state index contributed by atoms with van der Waals surface area (Å²) in [4.78, 5) is 17.8. The molecule has 1 fully saturated rings. The van der Waals surface area contributed by atoms with Crippen LogP contribution in [0, 0.1) is 17.1 Å². The average Bonchev–Trinajstić information content (AvgIpc) is 2.80. The lowest BCUT2D eigenvalue weighted by Crippen LogP contribution is -2.44. The van der Waals surface area contributed by atoms with E-state index in [0.717, 1.165) is 31.9 Å². The molecular weight excluding hydrogens is 397 g/mol. The normalized spacial score (nSPS) is 14.2. The largest absolute Gasteiger partial charge is 0.479 e. The second kappa shape index (κ2) is 8.93. The van der Waals surface area contributed by atoms with Gasteiger partial charge in [-0.05, 0) is 43.4 Å². The number of hydrogen-bond donors (Lipinski definition) is 1. The molecular formula is C22H22FN7O. The maximum Gasteiger partial charge on any atom is 0.239 e. The molecule has 3 aromatic rings. The van der Waals surface area contributed by atoms with Crippen LogP contribution in [-0.2, 0) is 0 Å². The van der Waals surface area contributed by atoms with Crippen LogP contribution in [0.2, 0.25) is 0 Å². The molecule has 158 valence electrons. The van der Waals surface area contributed by atoms with E-state index in [9.17, 15) is 4.39 Å². The topological polar surface area (TPSA) is 90.2 Å². The zero-order chi connectivity index (χ0) is 21.8. The van der Waals surface area contributed by atoms with Gasteiger partial charge in [0.2, 0.25) is 11.8 Å². The minimum absolute atomic E-state index is 0.0310. The number of aromatic nitrogens is 3. The Morgan fingerprint density at radius 3 is 2.65 bits per heavy atom. The van der Waals surface area contributed by atoms with Crippen molar-refractivity contribution in [3.63, 3.8) is 0 Å². The molecule has 1 aromatic carbocycles. The molecule has 2 aromatic heterocycles. The first-order valence-electron chi connectivity index (χ1n) is 9.86. The number of rotatable bonds is 5. The SMILES string of the molecule is COc1nc(Nc2nccc(-c3ccc(F)c(C#N)c3)n2)ccc1N1CCN(C)CC1. The van der Waals surface area contributed by atoms with Crippen molar-refractivity contribution in [3.05, 3.63) is 54.0 Å². The minimum Gasteiger partial charge on any atom is -0.479 e. The van der Waals surface area contributed by atoms with Crippen LogP contribution in [0.4, 0.5) is 21.8 Å². The molecule has 0 unspecified atom stereocenters. The summed E-state index contributed by atoms with van der Waals surface area (Å²) in [5.41, 5.74) is 2.11. The molecule has 8 nitrogen and oxygen atoms in total. The highest BCUT2D eigenvalue weighted by Gasteiger charge is 2.19. The second-order valence-electron chi connectivity index (χ2n) is 7.21. The molecule has 31 heavy (non-hydrogen) atoms. The summed E-state index contributed by atoms with van der Waals surface area (Å²) < 4.78 is 19.1. The molecule has 0 aliphatic carbocycles. The molecule has 1 N–H and O–H groups in total. The van der Waals surface area contributed by atoms with Gasteiger partial charge in [-0.3, -0.25) is 0 Å². The second-order valence-corrected chi connectivity index (χ2v) is 7.21. The molecule has 1 aliphatic rings. The third-order valence-electron chi connectivity index (χ3n) is 5.16. The highest BCUT2D eigenvalue weighted by molar-refractivity contribution is 5.65. The molecule has 0 spiro atoms. The van der Waals surface area contributed by atoms with E-state index in [2.05, 4.69) is 37.1 Å². The van der Waals surface area contributed by atoms with Crippen LogP contribution < -0.4 is 15.0 Å². The van der Waals surface area contributed by atoms with E-state index in [4.69, 9.17) is 10.00 Å². The highest BCUT2D eigenvalue weighted by atomic mass is 19.1. The van der Waals surface area contributed by atoms with Gasteiger partial charge in [0.1, 0.15) is 23.4 Å². The van der Waals surface area contributed by atoms with Crippen molar-refractivity contribution in [2.45, 2.75) is 0 Å². The zero-order valence-corrected chi connectivity index (χ0v) is 17.3. The molecule has 0 radical (unpaired) electrons. The lowest BCUT2D eigenvalue weighted by molar-refractivity contribution is 0.310. The Hall–Kier alpha value is -3.77. The number of halogens is 1. The van der Waals surface area contributed by atoms with E-state index in [1.54, 1.807) is 25.4 Å². The van der Waals surface area contributed by atoms with Crippen molar-refractivity contribution in [3.8, 4) is 23.2 Å². The van der Waals surface area contributed by atoms with Gasteiger partial charge in [0.25, 0.3) is 0 Å². The summed E-state index contributed by atoms with van der Waals surface area (Å²) in [5.74, 6) is 0.851. The number of benzene rings is 1. The van der Waals surface area contributed by atoms with Gasteiger partial charge in [0.05, 0.1) is 18.4 Å². The number of nitriles is 1. The fraction of sp³-hybridized carbons (Fsp3) is 0.273. The van der Waals surface area contributed by atoms with Gasteiger partial charge < -0.3 is 19.9 Å². The number of nitrogens with zero attached hydrogens (tertiary/aromatic N) is 6. The molecule has 9 heteroatoms. The molecule has 0 amide bonds. The molecule has 4 rings (SSSR count). The predicted molar refractivity (Wildman–Crippen MR) is 116 cm³/mol. The van der Waals surface area contributed by atoms with Gasteiger partial charge >= 0.3 is 0 Å². The first-order chi connectivity index (χ1) is 15.1. The van der Waals surface area contributed by atoms with E-state index >= 15 is 0 Å². The van der Waals surface area contributed by atoms with Crippen molar-refractivity contribution < 1.29 is 9.13 Å². The number of hydrogen-bond acceptors (Lipinski definition) is 8. The number of anilines is 3. The lowest BCUT2D eigenvalue weighted by Gasteiger charge is -2.34. The fourth-order valence-corrected chi connectivity index (χ4v) is 3.41. The van der Waals surface area contributed by atoms with Crippen LogP contribution in [-0.4, -0.2) is 60.2 Å². The summed E-state index contributed by atoms with van der Waals surface area (Å²) in [5, 5.41) is 12.1. The summed E-state index contributed by atoms with van der Waals surface area (Å²) in [6.45, 7) is 3.80. The van der Waals surface area contributed by atoms with Gasteiger partial charge in [-0.25, -0.2) is 14.4 Å². The van der Waals surface area contributed by atoms with Gasteiger partial charge in [0, 0.05) is 37.9 Å². The molecule has 1 aliphatic heterocycles. The Morgan fingerprint density at radius 1 is 1.10 bits per heavy atom. The Kier molecular flexibility index (Phi) is 5.91. The van der Waals surface area contributed by atoms with E-state index in [-0.39, 0.29) is 5.56 Å². The molecule has 0 atom stereocenters. The van der Waals surface area contributed by atoms with Crippen LogP contribution in [0.1, 0.15) is 5.56 Å². The number of nitrogens with one attached hydrogen (secondary N) is 1. The third-order valence-corrected chi connectivity index (χ3v) is 5.16. The first kappa shape index (κ1) is 20.5. The van der Waals surface area contributed by atoms with E-state index in [1.807, 2.05) is 18.2 Å². The van der Waals surface area contributed by atoms with Crippen LogP contribution in [0.25, 0.3) is 11.3 Å². The maximum atomic E-state index is 13.6. The fourth-order valence-electron chi connectivity index (χ4n) is 3.41. The maximum absolute atomic E-state index is 13.6. The molecule has 0 bridgehead atoms. The van der Waals surface area contributed by atoms with Gasteiger partial charge in [-0.15, -0.1) is 0 Å². The number of piperazine rings is 1. The van der Waals surface area contributed by atoms with Crippen LogP contribution in [0.15, 0.2) is 42.6 Å². The van der Waals surface area contributed by atoms with Gasteiger partial charge in [0.15, 0.2) is 0 Å². The molecule has 0 saturated carbocycles. The highest BCUT2D eigenvalue weighted by Crippen LogP contribution is 2.29. The number of ether oxygens (including phenoxy) is 1. The number of likely N-dealkylation sites (N-methyl/N-ethyl adjacent to an activating group) is 1. The Morgan fingerprint density at radius 2 is 1.90 bits per heavy atom. The van der Waals surface area contributed by atoms with Crippen molar-refractivity contribution in [2.24, 2.45) is 0 Å². The predicted octanol–water partition coefficient (Wildman–Crippen LogP) is 3.05. The Labute approximate surface area is 179 Å². The molecule has 1 saturated heterocycles. The monoisotopic (exact) mass is 419 g/mol. The minimum atomic E-state index is -0.560. The van der Waals surface area contributed by atoms with Gasteiger partial charge in [-0.2, -0.15) is 10.2 Å². The van der Waals surface area contributed by atoms with Crippen molar-refractivity contribution in [2.75, 3.05) is 50.6 Å². The van der Waals surface area contributed by atoms with Crippen LogP contribution in [0.3, 0.4) is 0 Å². The zero-order valence-electron chi connectivity index (χ0n) is 17.3. The summed E-state index contributed by atoms with van der Waals surface area (Å²) >= 11 is 0. The number of pyridine rings is 1. The van der Waals surface area contributed by atoms with Crippen molar-refractivity contribution in [1.82, 2.24) is 19.9 Å². The molecule has 3 heterocycles. The van der Waals surface area contributed by atoms with Crippen molar-refractivity contribution in [1.29, 1.82) is 5.26 Å². The number of methoxy groups -OCH3 is 1. The average molecular weight is 419 g/mol. The summed E-state index contributed by atoms with van der Waals surface area (Å²) in [7, 11) is 3.71. The quantitative estimate of drug-likeness (QED) is 0.675. The van der Waals surface area contributed by atoms with Crippen LogP contribution in [0.5, 0.6) is 5.88 Å². The summed E-state index contributed by atoms with van der Waals surface area (Å²) in [6, 6.07) is 11.7.